The highest BCUT2D eigenvalue weighted by Gasteiger charge is 2.16. The number of benzene rings is 1. The monoisotopic (exact) mass is 338 g/mol. The molecular formula is C16H19ClN2O2S. The smallest absolute Gasteiger partial charge is 0.258 e. The first-order chi connectivity index (χ1) is 10.6. The van der Waals surface area contributed by atoms with Crippen LogP contribution in [-0.2, 0) is 4.79 Å². The standard InChI is InChI=1S/C16H19ClN2O2S/c1-19(2)13(15-8-5-9-22-15)10-18-16(20)11-21-14-7-4-3-6-12(14)17/h3-9,13H,10-11H2,1-2H3,(H,18,20). The molecule has 0 saturated heterocycles. The molecule has 0 bridgehead atoms. The summed E-state index contributed by atoms with van der Waals surface area (Å²) in [7, 11) is 3.99. The van der Waals surface area contributed by atoms with Gasteiger partial charge in [-0.15, -0.1) is 11.3 Å². The first kappa shape index (κ1) is 16.8. The van der Waals surface area contributed by atoms with Crippen molar-refractivity contribution in [3.8, 4) is 5.75 Å². The van der Waals surface area contributed by atoms with Crippen LogP contribution in [0.25, 0.3) is 0 Å². The number of ether oxygens (including phenoxy) is 1. The molecule has 2 aromatic rings. The van der Waals surface area contributed by atoms with Gasteiger partial charge in [0.05, 0.1) is 11.1 Å². The van der Waals surface area contributed by atoms with Crippen molar-refractivity contribution in [3.05, 3.63) is 51.7 Å². The molecule has 0 spiro atoms. The van der Waals surface area contributed by atoms with Crippen LogP contribution in [0.1, 0.15) is 10.9 Å². The van der Waals surface area contributed by atoms with Gasteiger partial charge in [0.25, 0.3) is 5.91 Å². The molecule has 1 heterocycles. The molecule has 0 aliphatic carbocycles. The highest BCUT2D eigenvalue weighted by molar-refractivity contribution is 7.10. The van der Waals surface area contributed by atoms with Gasteiger partial charge in [0.1, 0.15) is 5.75 Å². The predicted molar refractivity (Wildman–Crippen MR) is 90.7 cm³/mol. The van der Waals surface area contributed by atoms with Crippen molar-refractivity contribution in [3.63, 3.8) is 0 Å². The Morgan fingerprint density at radius 2 is 2.09 bits per heavy atom. The van der Waals surface area contributed by atoms with Crippen LogP contribution < -0.4 is 10.1 Å². The molecule has 2 rings (SSSR count). The van der Waals surface area contributed by atoms with Crippen LogP contribution in [0.4, 0.5) is 0 Å². The third kappa shape index (κ3) is 4.73. The van der Waals surface area contributed by atoms with Crippen LogP contribution in [-0.4, -0.2) is 38.1 Å². The van der Waals surface area contributed by atoms with Gasteiger partial charge in [-0.3, -0.25) is 4.79 Å². The van der Waals surface area contributed by atoms with Gasteiger partial charge >= 0.3 is 0 Å². The number of rotatable bonds is 7. The first-order valence-electron chi connectivity index (χ1n) is 6.92. The minimum atomic E-state index is -0.164. The number of likely N-dealkylation sites (N-methyl/N-ethyl adjacent to an activating group) is 1. The number of hydrogen-bond donors (Lipinski definition) is 1. The molecule has 0 aliphatic rings. The summed E-state index contributed by atoms with van der Waals surface area (Å²) in [6, 6.07) is 11.3. The fourth-order valence-corrected chi connectivity index (χ4v) is 3.10. The van der Waals surface area contributed by atoms with Gasteiger partial charge in [-0.25, -0.2) is 0 Å². The second-order valence-corrected chi connectivity index (χ2v) is 6.40. The molecule has 0 saturated carbocycles. The molecule has 1 amide bonds. The van der Waals surface area contributed by atoms with Gasteiger partial charge in [0, 0.05) is 11.4 Å². The second-order valence-electron chi connectivity index (χ2n) is 5.02. The van der Waals surface area contributed by atoms with Crippen LogP contribution in [0.2, 0.25) is 5.02 Å². The third-order valence-corrected chi connectivity index (χ3v) is 4.47. The zero-order valence-electron chi connectivity index (χ0n) is 12.6. The number of hydrogen-bond acceptors (Lipinski definition) is 4. The number of nitrogens with zero attached hydrogens (tertiary/aromatic N) is 1. The molecule has 1 aromatic carbocycles. The quantitative estimate of drug-likeness (QED) is 0.843. The molecule has 4 nitrogen and oxygen atoms in total. The average Bonchev–Trinajstić information content (AvgIpc) is 3.00. The van der Waals surface area contributed by atoms with Gasteiger partial charge < -0.3 is 15.0 Å². The minimum absolute atomic E-state index is 0.0473. The molecular weight excluding hydrogens is 320 g/mol. The lowest BCUT2D eigenvalue weighted by Crippen LogP contribution is -2.36. The summed E-state index contributed by atoms with van der Waals surface area (Å²) in [4.78, 5) is 15.2. The largest absolute Gasteiger partial charge is 0.482 e. The van der Waals surface area contributed by atoms with E-state index in [-0.39, 0.29) is 18.6 Å². The lowest BCUT2D eigenvalue weighted by atomic mass is 10.2. The Bertz CT molecular complexity index is 602. The lowest BCUT2D eigenvalue weighted by molar-refractivity contribution is -0.123. The molecule has 6 heteroatoms. The summed E-state index contributed by atoms with van der Waals surface area (Å²) in [5.41, 5.74) is 0. The summed E-state index contributed by atoms with van der Waals surface area (Å²) in [6.45, 7) is 0.493. The zero-order chi connectivity index (χ0) is 15.9. The number of nitrogens with one attached hydrogen (secondary N) is 1. The number of carbonyl (C=O) groups is 1. The second kappa shape index (κ2) is 8.17. The highest BCUT2D eigenvalue weighted by Crippen LogP contribution is 2.23. The molecule has 0 fully saturated rings. The Morgan fingerprint density at radius 3 is 2.73 bits per heavy atom. The van der Waals surface area contributed by atoms with E-state index in [0.29, 0.717) is 17.3 Å². The maximum Gasteiger partial charge on any atom is 0.258 e. The Balaban J connectivity index is 1.83. The van der Waals surface area contributed by atoms with Crippen LogP contribution in [0.3, 0.4) is 0 Å². The van der Waals surface area contributed by atoms with E-state index in [1.54, 1.807) is 23.5 Å². The van der Waals surface area contributed by atoms with Gasteiger partial charge in [-0.05, 0) is 37.7 Å². The molecule has 1 unspecified atom stereocenters. The van der Waals surface area contributed by atoms with Gasteiger partial charge in [0.2, 0.25) is 0 Å². The van der Waals surface area contributed by atoms with Crippen molar-refractivity contribution < 1.29 is 9.53 Å². The molecule has 1 N–H and O–H groups in total. The maximum absolute atomic E-state index is 11.9. The number of amides is 1. The summed E-state index contributed by atoms with van der Waals surface area (Å²) in [5.74, 6) is 0.352. The van der Waals surface area contributed by atoms with E-state index in [9.17, 15) is 4.79 Å². The van der Waals surface area contributed by atoms with Crippen molar-refractivity contribution in [2.75, 3.05) is 27.2 Å². The normalized spacial score (nSPS) is 12.2. The van der Waals surface area contributed by atoms with Crippen molar-refractivity contribution in [1.82, 2.24) is 10.2 Å². The van der Waals surface area contributed by atoms with Crippen LogP contribution in [0.5, 0.6) is 5.75 Å². The lowest BCUT2D eigenvalue weighted by Gasteiger charge is -2.23. The molecule has 0 aliphatic heterocycles. The average molecular weight is 339 g/mol. The Morgan fingerprint density at radius 1 is 1.32 bits per heavy atom. The summed E-state index contributed by atoms with van der Waals surface area (Å²) in [5, 5.41) is 5.44. The number of para-hydroxylation sites is 1. The van der Waals surface area contributed by atoms with E-state index < -0.39 is 0 Å². The van der Waals surface area contributed by atoms with Crippen molar-refractivity contribution in [1.29, 1.82) is 0 Å². The van der Waals surface area contributed by atoms with E-state index >= 15 is 0 Å². The predicted octanol–water partition coefficient (Wildman–Crippen LogP) is 3.20. The highest BCUT2D eigenvalue weighted by atomic mass is 35.5. The summed E-state index contributed by atoms with van der Waals surface area (Å²) in [6.07, 6.45) is 0. The SMILES string of the molecule is CN(C)C(CNC(=O)COc1ccccc1Cl)c1cccs1. The van der Waals surface area contributed by atoms with E-state index in [1.165, 1.54) is 4.88 Å². The number of carbonyl (C=O) groups excluding carboxylic acids is 1. The number of halogens is 1. The molecule has 0 radical (unpaired) electrons. The fourth-order valence-electron chi connectivity index (χ4n) is 1.99. The Hall–Kier alpha value is -1.56. The van der Waals surface area contributed by atoms with Crippen LogP contribution in [0.15, 0.2) is 41.8 Å². The van der Waals surface area contributed by atoms with E-state index in [0.717, 1.165) is 0 Å². The Kier molecular flexibility index (Phi) is 6.24. The first-order valence-corrected chi connectivity index (χ1v) is 8.17. The van der Waals surface area contributed by atoms with Crippen molar-refractivity contribution in [2.24, 2.45) is 0 Å². The summed E-state index contributed by atoms with van der Waals surface area (Å²) >= 11 is 7.66. The topological polar surface area (TPSA) is 41.6 Å². The molecule has 118 valence electrons. The fraction of sp³-hybridized carbons (Fsp3) is 0.312. The van der Waals surface area contributed by atoms with E-state index in [2.05, 4.69) is 16.3 Å². The zero-order valence-corrected chi connectivity index (χ0v) is 14.2. The van der Waals surface area contributed by atoms with Crippen molar-refractivity contribution >= 4 is 28.8 Å². The molecule has 22 heavy (non-hydrogen) atoms. The van der Waals surface area contributed by atoms with E-state index in [1.807, 2.05) is 37.7 Å². The van der Waals surface area contributed by atoms with Gasteiger partial charge in [0.15, 0.2) is 6.61 Å². The van der Waals surface area contributed by atoms with Crippen LogP contribution >= 0.6 is 22.9 Å². The molecule has 1 atom stereocenters. The van der Waals surface area contributed by atoms with E-state index in [4.69, 9.17) is 16.3 Å². The third-order valence-electron chi connectivity index (χ3n) is 3.18. The van der Waals surface area contributed by atoms with Gasteiger partial charge in [-0.1, -0.05) is 29.8 Å². The summed E-state index contributed by atoms with van der Waals surface area (Å²) < 4.78 is 5.43. The van der Waals surface area contributed by atoms with Crippen LogP contribution in [0, 0.1) is 0 Å². The van der Waals surface area contributed by atoms with Crippen molar-refractivity contribution in [2.45, 2.75) is 6.04 Å². The Labute approximate surface area is 139 Å². The van der Waals surface area contributed by atoms with Gasteiger partial charge in [-0.2, -0.15) is 0 Å². The molecule has 1 aromatic heterocycles. The maximum atomic E-state index is 11.9. The number of thiophene rings is 1. The minimum Gasteiger partial charge on any atom is -0.482 e.